The summed E-state index contributed by atoms with van der Waals surface area (Å²) >= 11 is 0. The van der Waals surface area contributed by atoms with Crippen molar-refractivity contribution < 1.29 is 45.6 Å². The molecule has 0 spiro atoms. The molecular formula is C54H56HfN8O4-2. The van der Waals surface area contributed by atoms with E-state index in [4.69, 9.17) is 50.1 Å². The number of benzene rings is 4. The average molecular weight is 1060 g/mol. The summed E-state index contributed by atoms with van der Waals surface area (Å²) in [5, 5.41) is 21.2. The molecule has 342 valence electrons. The molecule has 0 radical (unpaired) electrons. The van der Waals surface area contributed by atoms with Gasteiger partial charge < -0.3 is 40.1 Å². The number of unbranched alkanes of at least 4 members (excludes halogenated alkanes) is 8. The topological polar surface area (TPSA) is 180 Å². The van der Waals surface area contributed by atoms with Gasteiger partial charge in [-0.15, -0.1) is 0 Å². The summed E-state index contributed by atoms with van der Waals surface area (Å²) in [6, 6.07) is 31.8. The minimum atomic E-state index is 0. The Morgan fingerprint density at radius 1 is 0.433 bits per heavy atom. The monoisotopic (exact) mass is 1060 g/mol. The minimum Gasteiger partial charge on any atom is -0.512 e. The van der Waals surface area contributed by atoms with Crippen molar-refractivity contribution in [1.82, 2.24) is 39.9 Å². The number of hydrogen-bond acceptors (Lipinski definition) is 10. The number of carbonyl (C=O) groups excluding carboxylic acids is 2. The molecule has 0 atom stereocenters. The van der Waals surface area contributed by atoms with Crippen LogP contribution in [0.4, 0.5) is 0 Å². The molecule has 4 aromatic carbocycles. The van der Waals surface area contributed by atoms with E-state index in [1.54, 1.807) is 0 Å². The van der Waals surface area contributed by atoms with Gasteiger partial charge in [-0.05, 0) is 48.2 Å². The number of fused-ring (bicyclic) bond motifs is 20. The number of aliphatic hydroxyl groups excluding tert-OH is 2. The van der Waals surface area contributed by atoms with Gasteiger partial charge in [0, 0.05) is 95.7 Å². The quantitative estimate of drug-likeness (QED) is 0.0456. The van der Waals surface area contributed by atoms with Crippen molar-refractivity contribution in [3.63, 3.8) is 0 Å². The van der Waals surface area contributed by atoms with Gasteiger partial charge in [-0.2, -0.15) is 0 Å². The maximum absolute atomic E-state index is 11.0. The zero-order chi connectivity index (χ0) is 46.4. The van der Waals surface area contributed by atoms with E-state index in [9.17, 15) is 9.59 Å². The molecule has 7 aromatic rings. The van der Waals surface area contributed by atoms with Crippen molar-refractivity contribution in [2.45, 2.75) is 105 Å². The van der Waals surface area contributed by atoms with Crippen LogP contribution in [0.25, 0.3) is 89.7 Å². The number of aromatic nitrogens is 8. The third kappa shape index (κ3) is 12.9. The predicted molar refractivity (Wildman–Crippen MR) is 264 cm³/mol. The Morgan fingerprint density at radius 3 is 0.970 bits per heavy atom. The summed E-state index contributed by atoms with van der Waals surface area (Å²) in [6.45, 7) is 7.38. The van der Waals surface area contributed by atoms with E-state index in [-0.39, 0.29) is 48.9 Å². The van der Waals surface area contributed by atoms with Gasteiger partial charge in [-0.25, -0.2) is 9.97 Å². The van der Waals surface area contributed by atoms with Crippen LogP contribution in [-0.4, -0.2) is 51.7 Å². The minimum absolute atomic E-state index is 0. The zero-order valence-electron chi connectivity index (χ0n) is 38.7. The molecule has 13 heteroatoms. The molecule has 2 aliphatic heterocycles. The normalized spacial score (nSPS) is 11.7. The molecule has 0 saturated heterocycles. The maximum atomic E-state index is 11.0. The number of rotatable bonds is 14. The van der Waals surface area contributed by atoms with Crippen molar-refractivity contribution in [3.05, 3.63) is 121 Å². The second-order valence-corrected chi connectivity index (χ2v) is 16.5. The Hall–Kier alpha value is -6.47. The molecular weight excluding hydrogens is 1000 g/mol. The van der Waals surface area contributed by atoms with Gasteiger partial charge in [0.1, 0.15) is 0 Å². The van der Waals surface area contributed by atoms with Crippen molar-refractivity contribution in [2.75, 3.05) is 0 Å². The van der Waals surface area contributed by atoms with Gasteiger partial charge in [0.15, 0.2) is 11.6 Å². The van der Waals surface area contributed by atoms with Crippen LogP contribution >= 0.6 is 0 Å². The molecule has 0 saturated carbocycles. The van der Waals surface area contributed by atoms with Gasteiger partial charge in [-0.1, -0.05) is 162 Å². The molecule has 0 fully saturated rings. The van der Waals surface area contributed by atoms with Crippen LogP contribution in [0.3, 0.4) is 0 Å². The first-order chi connectivity index (χ1) is 32.1. The largest absolute Gasteiger partial charge is 0.512 e. The van der Waals surface area contributed by atoms with E-state index in [2.05, 4.69) is 13.8 Å². The molecule has 9 rings (SSSR count). The maximum Gasteiger partial charge on any atom is 0.159 e. The Balaban J connectivity index is 0.000000229. The van der Waals surface area contributed by atoms with Crippen LogP contribution in [0.2, 0.25) is 0 Å². The molecule has 3 aromatic heterocycles. The number of nitrogens with zero attached hydrogens (tertiary/aromatic N) is 8. The van der Waals surface area contributed by atoms with Crippen molar-refractivity contribution in [3.8, 4) is 45.6 Å². The van der Waals surface area contributed by atoms with Gasteiger partial charge in [0.25, 0.3) is 0 Å². The second-order valence-electron chi connectivity index (χ2n) is 16.5. The smallest absolute Gasteiger partial charge is 0.159 e. The molecule has 67 heavy (non-hydrogen) atoms. The second kappa shape index (κ2) is 24.3. The first-order valence-electron chi connectivity index (χ1n) is 23.0. The summed E-state index contributed by atoms with van der Waals surface area (Å²) in [4.78, 5) is 61.4. The standard InChI is InChI=1S/C32H16N8.2C11H20O2.Hf/c1-2-10-18-17(9-1)25-33-26(18)38-28-21-13-5-6-14-22(21)30(35-28)40-32-24-16-8-7-15-23(24)31(36-32)39-29-20-12-4-3-11-19(20)27(34-29)37-25;2*1-3-4-5-6-7-8-11(13)9-10(2)12;/h1-16H;2*9,12H,3-8H2,1-2H3;/q-2;;;. The van der Waals surface area contributed by atoms with E-state index in [1.165, 1.54) is 64.5 Å². The summed E-state index contributed by atoms with van der Waals surface area (Å²) in [5.41, 5.74) is 5.78. The van der Waals surface area contributed by atoms with Gasteiger partial charge in [0.2, 0.25) is 0 Å². The van der Waals surface area contributed by atoms with Crippen molar-refractivity contribution >= 4 is 55.7 Å². The summed E-state index contributed by atoms with van der Waals surface area (Å²) < 4.78 is 0. The molecule has 0 unspecified atom stereocenters. The molecule has 12 nitrogen and oxygen atoms in total. The molecule has 8 bridgehead atoms. The van der Waals surface area contributed by atoms with Crippen molar-refractivity contribution in [2.24, 2.45) is 0 Å². The van der Waals surface area contributed by atoms with Crippen LogP contribution in [-0.2, 0) is 35.4 Å². The number of carbonyl (C=O) groups is 2. The van der Waals surface area contributed by atoms with Crippen LogP contribution in [0.5, 0.6) is 0 Å². The van der Waals surface area contributed by atoms with E-state index >= 15 is 0 Å². The van der Waals surface area contributed by atoms with Crippen LogP contribution in [0.1, 0.15) is 105 Å². The Labute approximate surface area is 410 Å². The Kier molecular flexibility index (Phi) is 18.1. The van der Waals surface area contributed by atoms with Gasteiger partial charge in [0.05, 0.1) is 34.8 Å². The van der Waals surface area contributed by atoms with Crippen molar-refractivity contribution in [1.29, 1.82) is 0 Å². The first-order valence-corrected chi connectivity index (χ1v) is 23.0. The third-order valence-corrected chi connectivity index (χ3v) is 11.1. The van der Waals surface area contributed by atoms with E-state index in [0.29, 0.717) is 58.7 Å². The van der Waals surface area contributed by atoms with E-state index < -0.39 is 0 Å². The molecule has 0 aliphatic carbocycles. The average Bonchev–Trinajstić information content (AvgIpc) is 4.05. The Bertz CT molecular complexity index is 2710. The summed E-state index contributed by atoms with van der Waals surface area (Å²) in [5.74, 6) is 2.50. The molecule has 5 heterocycles. The summed E-state index contributed by atoms with van der Waals surface area (Å²) in [6.07, 6.45) is 15.3. The first kappa shape index (κ1) is 50.0. The molecule has 2 aliphatic rings. The molecule has 2 N–H and O–H groups in total. The predicted octanol–water partition coefficient (Wildman–Crippen LogP) is 12.9. The number of allylic oxidation sites excluding steroid dienone is 4. The molecule has 0 amide bonds. The fraction of sp³-hybridized carbons (Fsp3) is 0.296. The number of hydrogen-bond donors (Lipinski definition) is 2. The summed E-state index contributed by atoms with van der Waals surface area (Å²) in [7, 11) is 0. The Morgan fingerprint density at radius 2 is 0.701 bits per heavy atom. The number of aliphatic hydroxyl groups is 2. The number of ketones is 2. The SMILES string of the molecule is CCCCCCCC(=O)C=C(C)O.CCCCCCCC(=O)C=C(C)O.[Hf].c1ccc2c(c1)-c1nc-2nc2[n-]c(nc3nc(nc4[n-]c(n1)c1ccccc41)-c1ccccc1-3)c1ccccc21. The third-order valence-electron chi connectivity index (χ3n) is 11.1. The van der Waals surface area contributed by atoms with Gasteiger partial charge >= 0.3 is 0 Å². The van der Waals surface area contributed by atoms with Crippen LogP contribution < -0.4 is 9.97 Å². The fourth-order valence-electron chi connectivity index (χ4n) is 7.87. The van der Waals surface area contributed by atoms with Crippen LogP contribution in [0.15, 0.2) is 121 Å². The van der Waals surface area contributed by atoms with Crippen LogP contribution in [0, 0.1) is 0 Å². The van der Waals surface area contributed by atoms with Gasteiger partial charge in [-0.3, -0.25) is 9.59 Å². The fourth-order valence-corrected chi connectivity index (χ4v) is 7.87. The van der Waals surface area contributed by atoms with E-state index in [0.717, 1.165) is 69.5 Å². The van der Waals surface area contributed by atoms with E-state index in [1.807, 2.05) is 97.1 Å². The zero-order valence-corrected chi connectivity index (χ0v) is 42.3.